The van der Waals surface area contributed by atoms with Crippen LogP contribution >= 0.6 is 0 Å². The molecule has 2 fully saturated rings. The molecule has 3 rings (SSSR count). The molecular formula is C18H24N2O3. The molecular weight excluding hydrogens is 292 g/mol. The highest BCUT2D eigenvalue weighted by atomic mass is 16.5. The van der Waals surface area contributed by atoms with Crippen molar-refractivity contribution >= 4 is 17.7 Å². The van der Waals surface area contributed by atoms with Gasteiger partial charge in [-0.05, 0) is 43.7 Å². The van der Waals surface area contributed by atoms with Gasteiger partial charge in [0, 0.05) is 31.2 Å². The zero-order valence-electron chi connectivity index (χ0n) is 13.6. The van der Waals surface area contributed by atoms with Gasteiger partial charge >= 0.3 is 6.09 Å². The van der Waals surface area contributed by atoms with Gasteiger partial charge in [-0.1, -0.05) is 18.2 Å². The fourth-order valence-corrected chi connectivity index (χ4v) is 3.25. The molecule has 0 radical (unpaired) electrons. The summed E-state index contributed by atoms with van der Waals surface area (Å²) in [4.78, 5) is 28.1. The van der Waals surface area contributed by atoms with Crippen molar-refractivity contribution in [2.45, 2.75) is 25.7 Å². The van der Waals surface area contributed by atoms with Crippen LogP contribution in [0.1, 0.15) is 25.7 Å². The number of para-hydroxylation sites is 1. The van der Waals surface area contributed by atoms with Crippen molar-refractivity contribution in [3.05, 3.63) is 30.3 Å². The van der Waals surface area contributed by atoms with Gasteiger partial charge in [0.2, 0.25) is 5.91 Å². The van der Waals surface area contributed by atoms with Crippen LogP contribution in [0, 0.1) is 11.8 Å². The second kappa shape index (κ2) is 7.02. The van der Waals surface area contributed by atoms with Gasteiger partial charge < -0.3 is 14.5 Å². The number of likely N-dealkylation sites (tertiary alicyclic amines) is 1. The molecule has 0 unspecified atom stereocenters. The first-order valence-corrected chi connectivity index (χ1v) is 8.38. The predicted molar refractivity (Wildman–Crippen MR) is 88.2 cm³/mol. The standard InChI is InChI=1S/C18H24N2O3/c1-23-18(22)19-11-5-6-14(12-19)13-20(17(21)15-9-10-15)16-7-3-2-4-8-16/h2-4,7-8,14-15H,5-6,9-13H2,1H3/t14-/m1/s1. The fourth-order valence-electron chi connectivity index (χ4n) is 3.25. The molecule has 0 bridgehead atoms. The van der Waals surface area contributed by atoms with E-state index in [0.29, 0.717) is 19.0 Å². The Bertz CT molecular complexity index is 557. The minimum Gasteiger partial charge on any atom is -0.453 e. The highest BCUT2D eigenvalue weighted by Crippen LogP contribution is 2.33. The van der Waals surface area contributed by atoms with E-state index in [4.69, 9.17) is 4.74 Å². The van der Waals surface area contributed by atoms with E-state index in [0.717, 1.165) is 37.9 Å². The average molecular weight is 316 g/mol. The highest BCUT2D eigenvalue weighted by Gasteiger charge is 2.35. The van der Waals surface area contributed by atoms with E-state index in [-0.39, 0.29) is 17.9 Å². The molecule has 0 spiro atoms. The van der Waals surface area contributed by atoms with Gasteiger partial charge in [0.25, 0.3) is 0 Å². The maximum atomic E-state index is 12.7. The Kier molecular flexibility index (Phi) is 4.84. The lowest BCUT2D eigenvalue weighted by Gasteiger charge is -2.35. The van der Waals surface area contributed by atoms with E-state index in [2.05, 4.69) is 0 Å². The van der Waals surface area contributed by atoms with Crippen molar-refractivity contribution < 1.29 is 14.3 Å². The summed E-state index contributed by atoms with van der Waals surface area (Å²) >= 11 is 0. The molecule has 0 aromatic heterocycles. The first kappa shape index (κ1) is 15.8. The van der Waals surface area contributed by atoms with Gasteiger partial charge in [-0.25, -0.2) is 4.79 Å². The van der Waals surface area contributed by atoms with Crippen LogP contribution in [0.5, 0.6) is 0 Å². The summed E-state index contributed by atoms with van der Waals surface area (Å²) in [5.74, 6) is 0.715. The Balaban J connectivity index is 1.70. The second-order valence-electron chi connectivity index (χ2n) is 6.48. The lowest BCUT2D eigenvalue weighted by atomic mass is 9.97. The summed E-state index contributed by atoms with van der Waals surface area (Å²) in [7, 11) is 1.42. The zero-order valence-corrected chi connectivity index (χ0v) is 13.6. The third kappa shape index (κ3) is 3.84. The Labute approximate surface area is 137 Å². The quantitative estimate of drug-likeness (QED) is 0.858. The zero-order chi connectivity index (χ0) is 16.2. The molecule has 1 aromatic carbocycles. The second-order valence-corrected chi connectivity index (χ2v) is 6.48. The van der Waals surface area contributed by atoms with Crippen LogP contribution in [-0.4, -0.2) is 43.6 Å². The first-order valence-electron chi connectivity index (χ1n) is 8.38. The van der Waals surface area contributed by atoms with Crippen LogP contribution < -0.4 is 4.90 Å². The van der Waals surface area contributed by atoms with Crippen LogP contribution in [0.4, 0.5) is 10.5 Å². The molecule has 124 valence electrons. The summed E-state index contributed by atoms with van der Waals surface area (Å²) in [5, 5.41) is 0. The van der Waals surface area contributed by atoms with Crippen molar-refractivity contribution in [2.75, 3.05) is 31.6 Å². The van der Waals surface area contributed by atoms with E-state index in [9.17, 15) is 9.59 Å². The lowest BCUT2D eigenvalue weighted by Crippen LogP contribution is -2.45. The van der Waals surface area contributed by atoms with Gasteiger partial charge in [-0.3, -0.25) is 4.79 Å². The van der Waals surface area contributed by atoms with Crippen LogP contribution in [0.2, 0.25) is 0 Å². The van der Waals surface area contributed by atoms with Crippen molar-refractivity contribution in [3.8, 4) is 0 Å². The van der Waals surface area contributed by atoms with Gasteiger partial charge in [0.05, 0.1) is 7.11 Å². The van der Waals surface area contributed by atoms with Crippen molar-refractivity contribution in [1.29, 1.82) is 0 Å². The molecule has 2 aliphatic rings. The number of carbonyl (C=O) groups is 2. The Morgan fingerprint density at radius 3 is 2.61 bits per heavy atom. The SMILES string of the molecule is COC(=O)N1CCC[C@@H](CN(C(=O)C2CC2)c2ccccc2)C1. The Hall–Kier alpha value is -2.04. The number of anilines is 1. The van der Waals surface area contributed by atoms with Gasteiger partial charge in [0.15, 0.2) is 0 Å². The molecule has 1 heterocycles. The van der Waals surface area contributed by atoms with E-state index >= 15 is 0 Å². The van der Waals surface area contributed by atoms with Crippen LogP contribution in [-0.2, 0) is 9.53 Å². The molecule has 1 aromatic rings. The van der Waals surface area contributed by atoms with Crippen molar-refractivity contribution in [2.24, 2.45) is 11.8 Å². The van der Waals surface area contributed by atoms with E-state index in [1.807, 2.05) is 35.2 Å². The van der Waals surface area contributed by atoms with E-state index in [1.54, 1.807) is 4.90 Å². The van der Waals surface area contributed by atoms with Gasteiger partial charge in [-0.2, -0.15) is 0 Å². The topological polar surface area (TPSA) is 49.9 Å². The van der Waals surface area contributed by atoms with Crippen LogP contribution in [0.25, 0.3) is 0 Å². The number of hydrogen-bond acceptors (Lipinski definition) is 3. The first-order chi connectivity index (χ1) is 11.2. The molecule has 1 aliphatic heterocycles. The number of methoxy groups -OCH3 is 1. The average Bonchev–Trinajstić information content (AvgIpc) is 3.44. The largest absolute Gasteiger partial charge is 0.453 e. The van der Waals surface area contributed by atoms with Crippen molar-refractivity contribution in [1.82, 2.24) is 4.90 Å². The van der Waals surface area contributed by atoms with Gasteiger partial charge in [0.1, 0.15) is 0 Å². The number of carbonyl (C=O) groups excluding carboxylic acids is 2. The van der Waals surface area contributed by atoms with Gasteiger partial charge in [-0.15, -0.1) is 0 Å². The molecule has 1 atom stereocenters. The maximum Gasteiger partial charge on any atom is 0.409 e. The molecule has 23 heavy (non-hydrogen) atoms. The third-order valence-corrected chi connectivity index (χ3v) is 4.65. The summed E-state index contributed by atoms with van der Waals surface area (Å²) in [6, 6.07) is 9.86. The monoisotopic (exact) mass is 316 g/mol. The maximum absolute atomic E-state index is 12.7. The van der Waals surface area contributed by atoms with Crippen molar-refractivity contribution in [3.63, 3.8) is 0 Å². The molecule has 1 aliphatic carbocycles. The number of hydrogen-bond donors (Lipinski definition) is 0. The summed E-state index contributed by atoms with van der Waals surface area (Å²) in [6.07, 6.45) is 3.73. The minimum atomic E-state index is -0.269. The molecule has 5 nitrogen and oxygen atoms in total. The molecule has 1 saturated carbocycles. The number of nitrogens with zero attached hydrogens (tertiary/aromatic N) is 2. The Morgan fingerprint density at radius 2 is 1.96 bits per heavy atom. The summed E-state index contributed by atoms with van der Waals surface area (Å²) in [6.45, 7) is 2.08. The third-order valence-electron chi connectivity index (χ3n) is 4.65. The minimum absolute atomic E-state index is 0.190. The number of benzene rings is 1. The number of piperidine rings is 1. The van der Waals surface area contributed by atoms with E-state index < -0.39 is 0 Å². The smallest absolute Gasteiger partial charge is 0.409 e. The molecule has 1 saturated heterocycles. The number of rotatable bonds is 4. The Morgan fingerprint density at radius 1 is 1.22 bits per heavy atom. The molecule has 0 N–H and O–H groups in total. The number of amides is 2. The van der Waals surface area contributed by atoms with Crippen LogP contribution in [0.15, 0.2) is 30.3 Å². The predicted octanol–water partition coefficient (Wildman–Crippen LogP) is 2.91. The summed E-state index contributed by atoms with van der Waals surface area (Å²) in [5.41, 5.74) is 0.958. The lowest BCUT2D eigenvalue weighted by molar-refractivity contribution is -0.120. The number of ether oxygens (including phenoxy) is 1. The van der Waals surface area contributed by atoms with Crippen LogP contribution in [0.3, 0.4) is 0 Å². The molecule has 5 heteroatoms. The molecule has 2 amide bonds. The van der Waals surface area contributed by atoms with E-state index in [1.165, 1.54) is 7.11 Å². The normalized spacial score (nSPS) is 20.9. The fraction of sp³-hybridized carbons (Fsp3) is 0.556. The highest BCUT2D eigenvalue weighted by molar-refractivity contribution is 5.96. The summed E-state index contributed by atoms with van der Waals surface area (Å²) < 4.78 is 4.83.